The summed E-state index contributed by atoms with van der Waals surface area (Å²) in [6, 6.07) is 0. The first-order valence-electron chi connectivity index (χ1n) is 5.34. The van der Waals surface area contributed by atoms with Crippen LogP contribution in [0.2, 0.25) is 5.15 Å². The summed E-state index contributed by atoms with van der Waals surface area (Å²) >= 11 is 5.59. The monoisotopic (exact) mass is 271 g/mol. The SMILES string of the molecule is COC(=O)C[C@H](C)C(=O)NCc1cnc(Cl)cn1. The topological polar surface area (TPSA) is 81.2 Å². The first-order chi connectivity index (χ1) is 8.52. The predicted molar refractivity (Wildman–Crippen MR) is 64.7 cm³/mol. The summed E-state index contributed by atoms with van der Waals surface area (Å²) in [5.41, 5.74) is 0.595. The number of hydrogen-bond acceptors (Lipinski definition) is 5. The summed E-state index contributed by atoms with van der Waals surface area (Å²) in [7, 11) is 1.29. The molecule has 1 aromatic rings. The van der Waals surface area contributed by atoms with Gasteiger partial charge in [0.15, 0.2) is 0 Å². The molecule has 18 heavy (non-hydrogen) atoms. The first kappa shape index (κ1) is 14.4. The molecule has 1 atom stereocenters. The number of carbonyl (C=O) groups is 2. The largest absolute Gasteiger partial charge is 0.469 e. The van der Waals surface area contributed by atoms with Crippen LogP contribution in [-0.4, -0.2) is 29.0 Å². The maximum atomic E-state index is 11.6. The second-order valence-corrected chi connectivity index (χ2v) is 4.12. The molecule has 0 saturated carbocycles. The number of nitrogens with zero attached hydrogens (tertiary/aromatic N) is 2. The molecule has 1 heterocycles. The molecule has 1 amide bonds. The molecule has 98 valence electrons. The lowest BCUT2D eigenvalue weighted by molar-refractivity contribution is -0.143. The molecular formula is C11H14ClN3O3. The van der Waals surface area contributed by atoms with Gasteiger partial charge in [0.05, 0.1) is 38.2 Å². The van der Waals surface area contributed by atoms with E-state index < -0.39 is 11.9 Å². The van der Waals surface area contributed by atoms with Crippen LogP contribution in [0, 0.1) is 5.92 Å². The minimum atomic E-state index is -0.447. The molecule has 0 fully saturated rings. The van der Waals surface area contributed by atoms with Crippen LogP contribution in [0.1, 0.15) is 19.0 Å². The minimum Gasteiger partial charge on any atom is -0.469 e. The zero-order valence-electron chi connectivity index (χ0n) is 10.1. The fourth-order valence-corrected chi connectivity index (χ4v) is 1.31. The van der Waals surface area contributed by atoms with Gasteiger partial charge in [0.25, 0.3) is 0 Å². The van der Waals surface area contributed by atoms with Gasteiger partial charge in [-0.3, -0.25) is 14.6 Å². The number of hydrogen-bond donors (Lipinski definition) is 1. The van der Waals surface area contributed by atoms with E-state index in [2.05, 4.69) is 20.0 Å². The molecule has 1 rings (SSSR count). The third-order valence-corrected chi connectivity index (χ3v) is 2.46. The molecule has 1 N–H and O–H groups in total. The molecule has 0 radical (unpaired) electrons. The summed E-state index contributed by atoms with van der Waals surface area (Å²) < 4.78 is 4.49. The highest BCUT2D eigenvalue weighted by molar-refractivity contribution is 6.29. The Labute approximate surface area is 110 Å². The normalized spacial score (nSPS) is 11.7. The summed E-state index contributed by atoms with van der Waals surface area (Å²) in [5.74, 6) is -1.10. The second-order valence-electron chi connectivity index (χ2n) is 3.73. The van der Waals surface area contributed by atoms with Gasteiger partial charge >= 0.3 is 5.97 Å². The van der Waals surface area contributed by atoms with E-state index in [0.29, 0.717) is 10.8 Å². The number of amides is 1. The number of aromatic nitrogens is 2. The van der Waals surface area contributed by atoms with Crippen molar-refractivity contribution in [2.45, 2.75) is 19.9 Å². The lowest BCUT2D eigenvalue weighted by Gasteiger charge is -2.10. The van der Waals surface area contributed by atoms with E-state index in [4.69, 9.17) is 11.6 Å². The van der Waals surface area contributed by atoms with Gasteiger partial charge in [-0.25, -0.2) is 4.98 Å². The van der Waals surface area contributed by atoms with E-state index in [0.717, 1.165) is 0 Å². The third-order valence-electron chi connectivity index (χ3n) is 2.27. The maximum Gasteiger partial charge on any atom is 0.306 e. The van der Waals surface area contributed by atoms with Crippen LogP contribution in [0.4, 0.5) is 0 Å². The van der Waals surface area contributed by atoms with Crippen LogP contribution in [0.5, 0.6) is 0 Å². The van der Waals surface area contributed by atoms with E-state index in [1.807, 2.05) is 0 Å². The van der Waals surface area contributed by atoms with Crippen LogP contribution in [0.15, 0.2) is 12.4 Å². The Balaban J connectivity index is 2.41. The second kappa shape index (κ2) is 6.90. The maximum absolute atomic E-state index is 11.6. The van der Waals surface area contributed by atoms with Gasteiger partial charge < -0.3 is 10.1 Å². The molecule has 7 heteroatoms. The van der Waals surface area contributed by atoms with Crippen LogP contribution >= 0.6 is 11.6 Å². The number of esters is 1. The number of methoxy groups -OCH3 is 1. The zero-order valence-corrected chi connectivity index (χ0v) is 10.9. The Morgan fingerprint density at radius 3 is 2.72 bits per heavy atom. The summed E-state index contributed by atoms with van der Waals surface area (Å²) in [6.07, 6.45) is 2.93. The van der Waals surface area contributed by atoms with Gasteiger partial charge in [-0.2, -0.15) is 0 Å². The quantitative estimate of drug-likeness (QED) is 0.806. The van der Waals surface area contributed by atoms with Gasteiger partial charge in [-0.05, 0) is 0 Å². The highest BCUT2D eigenvalue weighted by Gasteiger charge is 2.17. The summed E-state index contributed by atoms with van der Waals surface area (Å²) in [4.78, 5) is 30.5. The fraction of sp³-hybridized carbons (Fsp3) is 0.455. The van der Waals surface area contributed by atoms with E-state index in [9.17, 15) is 9.59 Å². The van der Waals surface area contributed by atoms with Crippen molar-refractivity contribution in [1.29, 1.82) is 0 Å². The number of ether oxygens (including phenoxy) is 1. The molecular weight excluding hydrogens is 258 g/mol. The highest BCUT2D eigenvalue weighted by Crippen LogP contribution is 2.04. The van der Waals surface area contributed by atoms with Crippen molar-refractivity contribution in [1.82, 2.24) is 15.3 Å². The summed E-state index contributed by atoms with van der Waals surface area (Å²) in [6.45, 7) is 1.90. The standard InChI is InChI=1S/C11H14ClN3O3/c1-7(3-10(16)18-2)11(17)15-5-8-4-14-9(12)6-13-8/h4,6-7H,3,5H2,1-2H3,(H,15,17)/t7-/m0/s1. The van der Waals surface area contributed by atoms with Crippen LogP contribution < -0.4 is 5.32 Å². The molecule has 0 bridgehead atoms. The Hall–Kier alpha value is -1.69. The van der Waals surface area contributed by atoms with Crippen molar-refractivity contribution in [3.05, 3.63) is 23.2 Å². The number of carbonyl (C=O) groups excluding carboxylic acids is 2. The van der Waals surface area contributed by atoms with E-state index in [1.54, 1.807) is 6.92 Å². The van der Waals surface area contributed by atoms with Crippen molar-refractivity contribution in [2.24, 2.45) is 5.92 Å². The molecule has 0 saturated heterocycles. The smallest absolute Gasteiger partial charge is 0.306 e. The Kier molecular flexibility index (Phi) is 5.51. The average Bonchev–Trinajstić information content (AvgIpc) is 2.37. The van der Waals surface area contributed by atoms with Gasteiger partial charge in [0, 0.05) is 5.92 Å². The molecule has 0 aromatic carbocycles. The van der Waals surface area contributed by atoms with Crippen molar-refractivity contribution in [3.63, 3.8) is 0 Å². The molecule has 6 nitrogen and oxygen atoms in total. The molecule has 0 aliphatic carbocycles. The first-order valence-corrected chi connectivity index (χ1v) is 5.71. The molecule has 1 aromatic heterocycles. The lowest BCUT2D eigenvalue weighted by Crippen LogP contribution is -2.30. The predicted octanol–water partition coefficient (Wildman–Crippen LogP) is 0.945. The van der Waals surface area contributed by atoms with Crippen LogP contribution in [0.3, 0.4) is 0 Å². The number of nitrogens with one attached hydrogen (secondary N) is 1. The zero-order chi connectivity index (χ0) is 13.5. The lowest BCUT2D eigenvalue weighted by atomic mass is 10.1. The number of halogens is 1. The molecule has 0 unspecified atom stereocenters. The molecule has 0 aliphatic rings. The average molecular weight is 272 g/mol. The molecule has 0 aliphatic heterocycles. The highest BCUT2D eigenvalue weighted by atomic mass is 35.5. The van der Waals surface area contributed by atoms with Gasteiger partial charge in [-0.15, -0.1) is 0 Å². The third kappa shape index (κ3) is 4.67. The van der Waals surface area contributed by atoms with Crippen molar-refractivity contribution in [3.8, 4) is 0 Å². The Morgan fingerprint density at radius 2 is 2.17 bits per heavy atom. The van der Waals surface area contributed by atoms with E-state index in [1.165, 1.54) is 19.5 Å². The van der Waals surface area contributed by atoms with Gasteiger partial charge in [0.2, 0.25) is 5.91 Å². The van der Waals surface area contributed by atoms with Crippen LogP contribution in [-0.2, 0) is 20.9 Å². The van der Waals surface area contributed by atoms with Gasteiger partial charge in [-0.1, -0.05) is 18.5 Å². The van der Waals surface area contributed by atoms with Crippen molar-refractivity contribution in [2.75, 3.05) is 7.11 Å². The van der Waals surface area contributed by atoms with Crippen molar-refractivity contribution >= 4 is 23.5 Å². The van der Waals surface area contributed by atoms with E-state index in [-0.39, 0.29) is 18.9 Å². The fourth-order valence-electron chi connectivity index (χ4n) is 1.21. The number of rotatable bonds is 5. The summed E-state index contributed by atoms with van der Waals surface area (Å²) in [5, 5.41) is 2.95. The molecule has 0 spiro atoms. The van der Waals surface area contributed by atoms with E-state index >= 15 is 0 Å². The van der Waals surface area contributed by atoms with Crippen molar-refractivity contribution < 1.29 is 14.3 Å². The van der Waals surface area contributed by atoms with Gasteiger partial charge in [0.1, 0.15) is 5.15 Å². The Morgan fingerprint density at radius 1 is 1.44 bits per heavy atom. The minimum absolute atomic E-state index is 0.0502. The van der Waals surface area contributed by atoms with Crippen LogP contribution in [0.25, 0.3) is 0 Å². The Bertz CT molecular complexity index is 422.